The van der Waals surface area contributed by atoms with Gasteiger partial charge in [-0.05, 0) is 43.4 Å². The van der Waals surface area contributed by atoms with Crippen LogP contribution in [0.5, 0.6) is 0 Å². The van der Waals surface area contributed by atoms with Gasteiger partial charge in [0.2, 0.25) is 0 Å². The Labute approximate surface area is 106 Å². The topological polar surface area (TPSA) is 38.0 Å². The van der Waals surface area contributed by atoms with E-state index in [4.69, 9.17) is 18.0 Å². The summed E-state index contributed by atoms with van der Waals surface area (Å²) in [4.78, 5) is 0.453. The Morgan fingerprint density at radius 1 is 1.44 bits per heavy atom. The van der Waals surface area contributed by atoms with Gasteiger partial charge in [0.15, 0.2) is 0 Å². The van der Waals surface area contributed by atoms with Crippen molar-refractivity contribution >= 4 is 34.7 Å². The molecule has 0 unspecified atom stereocenters. The van der Waals surface area contributed by atoms with Crippen molar-refractivity contribution in [1.29, 1.82) is 0 Å². The molecular weight excluding hydrogens is 236 g/mol. The van der Waals surface area contributed by atoms with E-state index in [-0.39, 0.29) is 0 Å². The molecule has 0 amide bonds. The molecule has 0 spiro atoms. The molecule has 1 aliphatic rings. The molecule has 1 aromatic rings. The summed E-state index contributed by atoms with van der Waals surface area (Å²) >= 11 is 6.87. The summed E-state index contributed by atoms with van der Waals surface area (Å²) in [5.74, 6) is 0. The normalized spacial score (nSPS) is 16.8. The van der Waals surface area contributed by atoms with Gasteiger partial charge in [-0.3, -0.25) is 0 Å². The fourth-order valence-corrected chi connectivity index (χ4v) is 2.47. The first-order valence-corrected chi connectivity index (χ1v) is 6.97. The van der Waals surface area contributed by atoms with Crippen molar-refractivity contribution in [2.45, 2.75) is 17.6 Å². The number of thiocarbonyl (C=S) groups is 1. The summed E-state index contributed by atoms with van der Waals surface area (Å²) in [7, 11) is 0. The lowest BCUT2D eigenvalue weighted by Crippen LogP contribution is -2.17. The number of thioether (sulfide) groups is 1. The van der Waals surface area contributed by atoms with Crippen LogP contribution in [0, 0.1) is 0 Å². The molecule has 0 bridgehead atoms. The van der Waals surface area contributed by atoms with Gasteiger partial charge in [-0.2, -0.15) is 11.8 Å². The first kappa shape index (κ1) is 11.7. The molecule has 0 radical (unpaired) electrons. The number of rotatable bonds is 5. The Balaban J connectivity index is 1.93. The molecule has 2 rings (SSSR count). The van der Waals surface area contributed by atoms with Crippen LogP contribution in [0.25, 0.3) is 0 Å². The second-order valence-corrected chi connectivity index (χ2v) is 5.90. The number of hydrogen-bond donors (Lipinski definition) is 2. The van der Waals surface area contributed by atoms with Gasteiger partial charge in [0, 0.05) is 22.5 Å². The number of anilines is 1. The molecule has 0 aliphatic heterocycles. The third-order valence-electron chi connectivity index (χ3n) is 3.02. The lowest BCUT2D eigenvalue weighted by Gasteiger charge is -2.14. The van der Waals surface area contributed by atoms with Crippen molar-refractivity contribution in [2.24, 2.45) is 5.73 Å². The van der Waals surface area contributed by atoms with E-state index in [9.17, 15) is 0 Å². The van der Waals surface area contributed by atoms with Crippen LogP contribution in [-0.4, -0.2) is 22.5 Å². The first-order chi connectivity index (χ1) is 7.65. The van der Waals surface area contributed by atoms with Crippen LogP contribution in [-0.2, 0) is 0 Å². The largest absolute Gasteiger partial charge is 0.389 e. The highest BCUT2D eigenvalue weighted by Crippen LogP contribution is 2.46. The van der Waals surface area contributed by atoms with E-state index in [1.807, 2.05) is 36.0 Å². The van der Waals surface area contributed by atoms with E-state index >= 15 is 0 Å². The van der Waals surface area contributed by atoms with Crippen molar-refractivity contribution < 1.29 is 0 Å². The van der Waals surface area contributed by atoms with Gasteiger partial charge in [0.25, 0.3) is 0 Å². The minimum Gasteiger partial charge on any atom is -0.389 e. The average molecular weight is 252 g/mol. The summed E-state index contributed by atoms with van der Waals surface area (Å²) in [6, 6.07) is 7.99. The minimum atomic E-state index is 0.453. The molecule has 1 aromatic carbocycles. The molecule has 2 nitrogen and oxygen atoms in total. The second kappa shape index (κ2) is 4.63. The smallest absolute Gasteiger partial charge is 0.103 e. The van der Waals surface area contributed by atoms with Gasteiger partial charge >= 0.3 is 0 Å². The SMILES string of the molecule is CSC1(CNc2ccc(C(N)=S)cc2)CC1. The zero-order valence-corrected chi connectivity index (χ0v) is 11.0. The van der Waals surface area contributed by atoms with Gasteiger partial charge in [0.05, 0.1) is 0 Å². The first-order valence-electron chi connectivity index (χ1n) is 5.34. The van der Waals surface area contributed by atoms with E-state index in [2.05, 4.69) is 11.6 Å². The van der Waals surface area contributed by atoms with Gasteiger partial charge in [-0.1, -0.05) is 12.2 Å². The number of nitrogens with two attached hydrogens (primary N) is 1. The van der Waals surface area contributed by atoms with Crippen LogP contribution in [0.3, 0.4) is 0 Å². The van der Waals surface area contributed by atoms with Crippen molar-refractivity contribution in [3.05, 3.63) is 29.8 Å². The molecule has 1 aliphatic carbocycles. The van der Waals surface area contributed by atoms with Crippen LogP contribution in [0.2, 0.25) is 0 Å². The Morgan fingerprint density at radius 2 is 2.06 bits per heavy atom. The summed E-state index contributed by atoms with van der Waals surface area (Å²) in [5.41, 5.74) is 7.61. The molecule has 0 aromatic heterocycles. The zero-order valence-electron chi connectivity index (χ0n) is 9.32. The lowest BCUT2D eigenvalue weighted by atomic mass is 10.2. The van der Waals surface area contributed by atoms with E-state index in [0.717, 1.165) is 17.8 Å². The van der Waals surface area contributed by atoms with Crippen LogP contribution in [0.4, 0.5) is 5.69 Å². The van der Waals surface area contributed by atoms with Crippen molar-refractivity contribution in [2.75, 3.05) is 18.1 Å². The van der Waals surface area contributed by atoms with Gasteiger partial charge < -0.3 is 11.1 Å². The van der Waals surface area contributed by atoms with Gasteiger partial charge in [-0.25, -0.2) is 0 Å². The van der Waals surface area contributed by atoms with E-state index in [1.54, 1.807) is 0 Å². The molecule has 1 saturated carbocycles. The molecular formula is C12H16N2S2. The van der Waals surface area contributed by atoms with Crippen molar-refractivity contribution in [1.82, 2.24) is 0 Å². The van der Waals surface area contributed by atoms with Crippen LogP contribution in [0.15, 0.2) is 24.3 Å². The highest BCUT2D eigenvalue weighted by Gasteiger charge is 2.41. The summed E-state index contributed by atoms with van der Waals surface area (Å²) in [5, 5.41) is 3.46. The van der Waals surface area contributed by atoms with Gasteiger partial charge in [0.1, 0.15) is 4.99 Å². The predicted molar refractivity (Wildman–Crippen MR) is 76.3 cm³/mol. The van der Waals surface area contributed by atoms with Gasteiger partial charge in [-0.15, -0.1) is 0 Å². The fourth-order valence-electron chi connectivity index (χ4n) is 1.61. The molecule has 1 fully saturated rings. The minimum absolute atomic E-state index is 0.453. The Kier molecular flexibility index (Phi) is 3.40. The molecule has 0 atom stereocenters. The Hall–Kier alpha value is -0.740. The van der Waals surface area contributed by atoms with Crippen molar-refractivity contribution in [3.8, 4) is 0 Å². The summed E-state index contributed by atoms with van der Waals surface area (Å²) in [6.07, 6.45) is 4.84. The monoisotopic (exact) mass is 252 g/mol. The maximum Gasteiger partial charge on any atom is 0.103 e. The third kappa shape index (κ3) is 2.68. The van der Waals surface area contributed by atoms with Crippen LogP contribution in [0.1, 0.15) is 18.4 Å². The highest BCUT2D eigenvalue weighted by molar-refractivity contribution is 8.00. The quantitative estimate of drug-likeness (QED) is 0.790. The van der Waals surface area contributed by atoms with Crippen molar-refractivity contribution in [3.63, 3.8) is 0 Å². The maximum atomic E-state index is 5.55. The van der Waals surface area contributed by atoms with Crippen LogP contribution >= 0.6 is 24.0 Å². The average Bonchev–Trinajstić information content (AvgIpc) is 3.08. The lowest BCUT2D eigenvalue weighted by molar-refractivity contribution is 0.949. The fraction of sp³-hybridized carbons (Fsp3) is 0.417. The zero-order chi connectivity index (χ0) is 11.6. The standard InChI is InChI=1S/C12H16N2S2/c1-16-12(6-7-12)8-14-10-4-2-9(3-5-10)11(13)15/h2-5,14H,6-8H2,1H3,(H2,13,15). The molecule has 0 saturated heterocycles. The summed E-state index contributed by atoms with van der Waals surface area (Å²) < 4.78 is 0.488. The number of hydrogen-bond acceptors (Lipinski definition) is 3. The Bertz CT molecular complexity index is 383. The molecule has 86 valence electrons. The number of nitrogens with one attached hydrogen (secondary N) is 1. The number of benzene rings is 1. The van der Waals surface area contributed by atoms with E-state index < -0.39 is 0 Å². The predicted octanol–water partition coefficient (Wildman–Crippen LogP) is 2.63. The van der Waals surface area contributed by atoms with E-state index in [0.29, 0.717) is 9.74 Å². The molecule has 16 heavy (non-hydrogen) atoms. The Morgan fingerprint density at radius 3 is 2.50 bits per heavy atom. The maximum absolute atomic E-state index is 5.55. The van der Waals surface area contributed by atoms with Crippen LogP contribution < -0.4 is 11.1 Å². The third-order valence-corrected chi connectivity index (χ3v) is 4.68. The highest BCUT2D eigenvalue weighted by atomic mass is 32.2. The second-order valence-electron chi connectivity index (χ2n) is 4.18. The molecule has 0 heterocycles. The molecule has 3 N–H and O–H groups in total. The molecule has 4 heteroatoms. The van der Waals surface area contributed by atoms with E-state index in [1.165, 1.54) is 12.8 Å². The summed E-state index contributed by atoms with van der Waals surface area (Å²) in [6.45, 7) is 1.04.